The van der Waals surface area contributed by atoms with E-state index >= 15 is 0 Å². The van der Waals surface area contributed by atoms with E-state index in [1.807, 2.05) is 0 Å². The van der Waals surface area contributed by atoms with E-state index in [2.05, 4.69) is 25.9 Å². The number of amides is 2. The highest BCUT2D eigenvalue weighted by Gasteiger charge is 2.17. The second-order valence-electron chi connectivity index (χ2n) is 5.84. The first-order chi connectivity index (χ1) is 10.8. The minimum absolute atomic E-state index is 0.120. The molecule has 1 aromatic heterocycles. The van der Waals surface area contributed by atoms with E-state index in [0.717, 1.165) is 49.8 Å². The maximum Gasteiger partial charge on any atom is 0.314 e. The Morgan fingerprint density at radius 1 is 1.36 bits per heavy atom. The zero-order valence-electron chi connectivity index (χ0n) is 12.8. The van der Waals surface area contributed by atoms with Gasteiger partial charge in [0.2, 0.25) is 0 Å². The summed E-state index contributed by atoms with van der Waals surface area (Å²) >= 11 is 1.70. The van der Waals surface area contributed by atoms with Gasteiger partial charge in [-0.2, -0.15) is 0 Å². The fraction of sp³-hybridized carbons (Fsp3) is 0.733. The SMILES string of the molecule is O=C(NCCc1csc(N2CCCC2)n1)NC[C@@H]1CCCO1. The minimum atomic E-state index is -0.120. The smallest absolute Gasteiger partial charge is 0.314 e. The number of hydrogen-bond acceptors (Lipinski definition) is 5. The maximum atomic E-state index is 11.7. The molecule has 0 saturated carbocycles. The Balaban J connectivity index is 1.33. The molecule has 0 aliphatic carbocycles. The van der Waals surface area contributed by atoms with E-state index in [-0.39, 0.29) is 12.1 Å². The van der Waals surface area contributed by atoms with E-state index in [4.69, 9.17) is 4.74 Å². The first-order valence-electron chi connectivity index (χ1n) is 8.14. The van der Waals surface area contributed by atoms with Crippen LogP contribution in [0.1, 0.15) is 31.4 Å². The summed E-state index contributed by atoms with van der Waals surface area (Å²) in [5.41, 5.74) is 1.06. The summed E-state index contributed by atoms with van der Waals surface area (Å²) < 4.78 is 5.47. The molecule has 3 heterocycles. The minimum Gasteiger partial charge on any atom is -0.376 e. The van der Waals surface area contributed by atoms with E-state index in [0.29, 0.717) is 13.1 Å². The molecule has 0 spiro atoms. The lowest BCUT2D eigenvalue weighted by atomic mass is 10.2. The van der Waals surface area contributed by atoms with Gasteiger partial charge in [-0.3, -0.25) is 0 Å². The summed E-state index contributed by atoms with van der Waals surface area (Å²) in [6.45, 7) is 4.27. The standard InChI is InChI=1S/C15H24N4O2S/c20-14(17-10-13-4-3-9-21-13)16-6-5-12-11-22-15(18-12)19-7-1-2-8-19/h11,13H,1-10H2,(H2,16,17,20)/t13-/m0/s1. The van der Waals surface area contributed by atoms with Crippen molar-refractivity contribution in [2.24, 2.45) is 0 Å². The summed E-state index contributed by atoms with van der Waals surface area (Å²) in [4.78, 5) is 18.7. The average molecular weight is 324 g/mol. The van der Waals surface area contributed by atoms with Crippen LogP contribution in [-0.4, -0.2) is 49.9 Å². The molecule has 6 nitrogen and oxygen atoms in total. The van der Waals surface area contributed by atoms with E-state index in [9.17, 15) is 4.79 Å². The molecule has 0 bridgehead atoms. The number of carbonyl (C=O) groups is 1. The van der Waals surface area contributed by atoms with Gasteiger partial charge >= 0.3 is 6.03 Å². The lowest BCUT2D eigenvalue weighted by Crippen LogP contribution is -2.40. The molecule has 0 aromatic carbocycles. The molecule has 1 aromatic rings. The number of urea groups is 1. The molecule has 0 unspecified atom stereocenters. The van der Waals surface area contributed by atoms with Gasteiger partial charge in [0.1, 0.15) is 0 Å². The van der Waals surface area contributed by atoms with Gasteiger partial charge in [-0.05, 0) is 25.7 Å². The normalized spacial score (nSPS) is 21.3. The number of hydrogen-bond donors (Lipinski definition) is 2. The predicted molar refractivity (Wildman–Crippen MR) is 87.6 cm³/mol. The van der Waals surface area contributed by atoms with Crippen LogP contribution in [0.5, 0.6) is 0 Å². The van der Waals surface area contributed by atoms with Crippen molar-refractivity contribution in [3.63, 3.8) is 0 Å². The van der Waals surface area contributed by atoms with Gasteiger partial charge in [0.05, 0.1) is 11.8 Å². The Morgan fingerprint density at radius 3 is 3.00 bits per heavy atom. The second kappa shape index (κ2) is 7.78. The second-order valence-corrected chi connectivity index (χ2v) is 6.67. The highest BCUT2D eigenvalue weighted by atomic mass is 32.1. The lowest BCUT2D eigenvalue weighted by molar-refractivity contribution is 0.111. The number of anilines is 1. The molecule has 2 fully saturated rings. The Bertz CT molecular complexity index is 482. The van der Waals surface area contributed by atoms with Crippen LogP contribution in [0.3, 0.4) is 0 Å². The molecule has 2 N–H and O–H groups in total. The number of thiazole rings is 1. The predicted octanol–water partition coefficient (Wildman–Crippen LogP) is 1.76. The molecule has 7 heteroatoms. The zero-order chi connectivity index (χ0) is 15.2. The van der Waals surface area contributed by atoms with E-state index in [1.54, 1.807) is 11.3 Å². The molecule has 22 heavy (non-hydrogen) atoms. The third-order valence-electron chi connectivity index (χ3n) is 4.10. The average Bonchev–Trinajstić information content (AvgIpc) is 3.26. The van der Waals surface area contributed by atoms with Crippen molar-refractivity contribution >= 4 is 22.5 Å². The van der Waals surface area contributed by atoms with Crippen molar-refractivity contribution in [3.8, 4) is 0 Å². The molecular formula is C15H24N4O2S. The van der Waals surface area contributed by atoms with Gasteiger partial charge < -0.3 is 20.3 Å². The van der Waals surface area contributed by atoms with Crippen LogP contribution in [0, 0.1) is 0 Å². The quantitative estimate of drug-likeness (QED) is 0.837. The van der Waals surface area contributed by atoms with Crippen LogP contribution < -0.4 is 15.5 Å². The van der Waals surface area contributed by atoms with Gasteiger partial charge in [-0.25, -0.2) is 9.78 Å². The van der Waals surface area contributed by atoms with Crippen molar-refractivity contribution in [3.05, 3.63) is 11.1 Å². The Hall–Kier alpha value is -1.34. The van der Waals surface area contributed by atoms with Gasteiger partial charge in [0.25, 0.3) is 0 Å². The van der Waals surface area contributed by atoms with Crippen LogP contribution in [0.2, 0.25) is 0 Å². The molecular weight excluding hydrogens is 300 g/mol. The van der Waals surface area contributed by atoms with Gasteiger partial charge in [-0.15, -0.1) is 11.3 Å². The van der Waals surface area contributed by atoms with Crippen LogP contribution in [0.15, 0.2) is 5.38 Å². The molecule has 122 valence electrons. The summed E-state index contributed by atoms with van der Waals surface area (Å²) in [5.74, 6) is 0. The largest absolute Gasteiger partial charge is 0.376 e. The highest BCUT2D eigenvalue weighted by molar-refractivity contribution is 7.13. The lowest BCUT2D eigenvalue weighted by Gasteiger charge is -2.12. The number of ether oxygens (including phenoxy) is 1. The van der Waals surface area contributed by atoms with E-state index in [1.165, 1.54) is 12.8 Å². The summed E-state index contributed by atoms with van der Waals surface area (Å²) in [7, 11) is 0. The third kappa shape index (κ3) is 4.33. The van der Waals surface area contributed by atoms with E-state index < -0.39 is 0 Å². The number of nitrogens with one attached hydrogen (secondary N) is 2. The van der Waals surface area contributed by atoms with Gasteiger partial charge in [0, 0.05) is 44.6 Å². The summed E-state index contributed by atoms with van der Waals surface area (Å²) in [5, 5.41) is 8.96. The topological polar surface area (TPSA) is 66.5 Å². The number of rotatable bonds is 6. The molecule has 2 aliphatic heterocycles. The van der Waals surface area contributed by atoms with Crippen molar-refractivity contribution in [2.75, 3.05) is 37.7 Å². The van der Waals surface area contributed by atoms with Crippen LogP contribution in [0.4, 0.5) is 9.93 Å². The summed E-state index contributed by atoms with van der Waals surface area (Å²) in [6, 6.07) is -0.120. The first-order valence-corrected chi connectivity index (χ1v) is 9.02. The first kappa shape index (κ1) is 15.6. The zero-order valence-corrected chi connectivity index (χ0v) is 13.7. The Labute approximate surface area is 135 Å². The fourth-order valence-electron chi connectivity index (χ4n) is 2.84. The van der Waals surface area contributed by atoms with Gasteiger partial charge in [-0.1, -0.05) is 0 Å². The summed E-state index contributed by atoms with van der Waals surface area (Å²) in [6.07, 6.45) is 5.63. The van der Waals surface area contributed by atoms with Crippen LogP contribution in [-0.2, 0) is 11.2 Å². The monoisotopic (exact) mass is 324 g/mol. The highest BCUT2D eigenvalue weighted by Crippen LogP contribution is 2.24. The molecule has 3 rings (SSSR count). The molecule has 0 radical (unpaired) electrons. The van der Waals surface area contributed by atoms with Crippen LogP contribution >= 0.6 is 11.3 Å². The fourth-order valence-corrected chi connectivity index (χ4v) is 3.76. The van der Waals surface area contributed by atoms with Crippen molar-refractivity contribution < 1.29 is 9.53 Å². The Morgan fingerprint density at radius 2 is 2.23 bits per heavy atom. The molecule has 2 aliphatic rings. The molecule has 1 atom stereocenters. The maximum absolute atomic E-state index is 11.7. The third-order valence-corrected chi connectivity index (χ3v) is 5.05. The van der Waals surface area contributed by atoms with Crippen molar-refractivity contribution in [1.82, 2.24) is 15.6 Å². The number of aromatic nitrogens is 1. The number of nitrogens with zero attached hydrogens (tertiary/aromatic N) is 2. The Kier molecular flexibility index (Phi) is 5.50. The number of carbonyl (C=O) groups excluding carboxylic acids is 1. The van der Waals surface area contributed by atoms with Crippen LogP contribution in [0.25, 0.3) is 0 Å². The van der Waals surface area contributed by atoms with Gasteiger partial charge in [0.15, 0.2) is 5.13 Å². The molecule has 2 saturated heterocycles. The van der Waals surface area contributed by atoms with Crippen molar-refractivity contribution in [2.45, 2.75) is 38.2 Å². The molecule has 2 amide bonds. The van der Waals surface area contributed by atoms with Crippen molar-refractivity contribution in [1.29, 1.82) is 0 Å².